The zero-order valence-corrected chi connectivity index (χ0v) is 11.2. The highest BCUT2D eigenvalue weighted by Crippen LogP contribution is 2.27. The van der Waals surface area contributed by atoms with E-state index in [0.29, 0.717) is 0 Å². The highest BCUT2D eigenvalue weighted by Gasteiger charge is 2.31. The second-order valence-corrected chi connectivity index (χ2v) is 7.48. The molecule has 2 rings (SSSR count). The summed E-state index contributed by atoms with van der Waals surface area (Å²) in [5, 5.41) is 9.90. The van der Waals surface area contributed by atoms with Crippen LogP contribution in [0.2, 0.25) is 0 Å². The largest absolute Gasteiger partial charge is 0.396 e. The first-order valence-corrected chi connectivity index (χ1v) is 7.88. The Morgan fingerprint density at radius 3 is 2.94 bits per heavy atom. The Morgan fingerprint density at radius 1 is 1.59 bits per heavy atom. The highest BCUT2D eigenvalue weighted by atomic mass is 32.2. The summed E-state index contributed by atoms with van der Waals surface area (Å²) in [6, 6.07) is -0.146. The summed E-state index contributed by atoms with van der Waals surface area (Å²) >= 11 is 1.16. The van der Waals surface area contributed by atoms with Crippen LogP contribution in [0, 0.1) is 12.8 Å². The predicted octanol–water partition coefficient (Wildman–Crippen LogP) is 0.891. The standard InChI is InChI=1S/C10H16N2O3S2/c1-7-11-5-10(16-7)17(14,15)12-9-4-2-3-8(9)6-13/h5,8-9,12-13H,2-4,6H2,1H3. The van der Waals surface area contributed by atoms with E-state index in [1.165, 1.54) is 6.20 Å². The van der Waals surface area contributed by atoms with Gasteiger partial charge in [-0.05, 0) is 25.7 Å². The summed E-state index contributed by atoms with van der Waals surface area (Å²) < 4.78 is 27.0. The maximum atomic E-state index is 12.0. The van der Waals surface area contributed by atoms with Crippen LogP contribution in [-0.2, 0) is 10.0 Å². The van der Waals surface area contributed by atoms with E-state index in [-0.39, 0.29) is 22.8 Å². The van der Waals surface area contributed by atoms with E-state index < -0.39 is 10.0 Å². The third kappa shape index (κ3) is 2.85. The Bertz CT molecular complexity index is 483. The molecule has 1 aliphatic rings. The number of nitrogens with zero attached hydrogens (tertiary/aromatic N) is 1. The molecule has 96 valence electrons. The number of aromatic nitrogens is 1. The van der Waals surface area contributed by atoms with Crippen LogP contribution in [0.1, 0.15) is 24.3 Å². The van der Waals surface area contributed by atoms with Gasteiger partial charge in [-0.15, -0.1) is 11.3 Å². The summed E-state index contributed by atoms with van der Waals surface area (Å²) in [5.74, 6) is 0.0405. The summed E-state index contributed by atoms with van der Waals surface area (Å²) in [4.78, 5) is 3.95. The SMILES string of the molecule is Cc1ncc(S(=O)(=O)NC2CCCC2CO)s1. The van der Waals surface area contributed by atoms with Gasteiger partial charge in [0.15, 0.2) is 4.21 Å². The van der Waals surface area contributed by atoms with Gasteiger partial charge in [-0.3, -0.25) is 0 Å². The van der Waals surface area contributed by atoms with Gasteiger partial charge < -0.3 is 5.11 Å². The van der Waals surface area contributed by atoms with Gasteiger partial charge in [-0.2, -0.15) is 0 Å². The van der Waals surface area contributed by atoms with Crippen molar-refractivity contribution >= 4 is 21.4 Å². The minimum atomic E-state index is -3.47. The topological polar surface area (TPSA) is 79.3 Å². The molecule has 0 amide bonds. The predicted molar refractivity (Wildman–Crippen MR) is 65.4 cm³/mol. The first-order chi connectivity index (χ1) is 8.03. The second-order valence-electron chi connectivity index (χ2n) is 4.30. The quantitative estimate of drug-likeness (QED) is 0.856. The van der Waals surface area contributed by atoms with Gasteiger partial charge in [0.2, 0.25) is 0 Å². The average molecular weight is 276 g/mol. The van der Waals surface area contributed by atoms with Crippen LogP contribution in [0.15, 0.2) is 10.4 Å². The number of hydrogen-bond donors (Lipinski definition) is 2. The van der Waals surface area contributed by atoms with Gasteiger partial charge in [0.25, 0.3) is 10.0 Å². The van der Waals surface area contributed by atoms with Crippen LogP contribution in [0.5, 0.6) is 0 Å². The third-order valence-corrected chi connectivity index (χ3v) is 5.93. The van der Waals surface area contributed by atoms with Gasteiger partial charge in [0.1, 0.15) is 0 Å². The number of thiazole rings is 1. The van der Waals surface area contributed by atoms with Gasteiger partial charge in [0, 0.05) is 12.6 Å². The summed E-state index contributed by atoms with van der Waals surface area (Å²) in [6.45, 7) is 1.81. The fraction of sp³-hybridized carbons (Fsp3) is 0.700. The Kier molecular flexibility index (Phi) is 3.82. The summed E-state index contributed by atoms with van der Waals surface area (Å²) in [6.07, 6.45) is 4.01. The number of aliphatic hydroxyl groups is 1. The van der Waals surface area contributed by atoms with Crippen molar-refractivity contribution in [3.63, 3.8) is 0 Å². The molecule has 17 heavy (non-hydrogen) atoms. The molecule has 0 aromatic carbocycles. The molecule has 0 radical (unpaired) electrons. The van der Waals surface area contributed by atoms with E-state index in [1.807, 2.05) is 0 Å². The summed E-state index contributed by atoms with van der Waals surface area (Å²) in [7, 11) is -3.47. The van der Waals surface area contributed by atoms with Crippen molar-refractivity contribution in [2.24, 2.45) is 5.92 Å². The molecule has 0 saturated heterocycles. The first-order valence-electron chi connectivity index (χ1n) is 5.58. The molecular formula is C10H16N2O3S2. The van der Waals surface area contributed by atoms with Crippen LogP contribution in [-0.4, -0.2) is 31.2 Å². The molecule has 0 bridgehead atoms. The smallest absolute Gasteiger partial charge is 0.251 e. The molecule has 2 atom stereocenters. The minimum Gasteiger partial charge on any atom is -0.396 e. The number of aryl methyl sites for hydroxylation is 1. The maximum absolute atomic E-state index is 12.0. The Morgan fingerprint density at radius 2 is 2.35 bits per heavy atom. The number of hydrogen-bond acceptors (Lipinski definition) is 5. The molecular weight excluding hydrogens is 260 g/mol. The molecule has 2 N–H and O–H groups in total. The number of sulfonamides is 1. The first kappa shape index (κ1) is 12.9. The molecule has 1 aromatic rings. The molecule has 1 heterocycles. The Labute approximate surface area is 105 Å². The Balaban J connectivity index is 2.12. The maximum Gasteiger partial charge on any atom is 0.251 e. The van der Waals surface area contributed by atoms with Crippen molar-refractivity contribution < 1.29 is 13.5 Å². The van der Waals surface area contributed by atoms with E-state index >= 15 is 0 Å². The van der Waals surface area contributed by atoms with E-state index in [9.17, 15) is 8.42 Å². The van der Waals surface area contributed by atoms with Gasteiger partial charge in [0.05, 0.1) is 11.2 Å². The van der Waals surface area contributed by atoms with Crippen molar-refractivity contribution in [1.82, 2.24) is 9.71 Å². The van der Waals surface area contributed by atoms with E-state index in [2.05, 4.69) is 9.71 Å². The minimum absolute atomic E-state index is 0.0366. The van der Waals surface area contributed by atoms with Crippen molar-refractivity contribution in [1.29, 1.82) is 0 Å². The molecule has 0 aliphatic heterocycles. The number of rotatable bonds is 4. The molecule has 0 spiro atoms. The lowest BCUT2D eigenvalue weighted by Gasteiger charge is -2.18. The third-order valence-electron chi connectivity index (χ3n) is 3.07. The fourth-order valence-corrected chi connectivity index (χ4v) is 4.60. The van der Waals surface area contributed by atoms with Crippen LogP contribution in [0.3, 0.4) is 0 Å². The van der Waals surface area contributed by atoms with Crippen molar-refractivity contribution in [2.75, 3.05) is 6.61 Å². The molecule has 5 nitrogen and oxygen atoms in total. The van der Waals surface area contributed by atoms with Gasteiger partial charge in [-0.25, -0.2) is 18.1 Å². The molecule has 1 aromatic heterocycles. The van der Waals surface area contributed by atoms with Crippen LogP contribution in [0.25, 0.3) is 0 Å². The molecule has 1 fully saturated rings. The van der Waals surface area contributed by atoms with Gasteiger partial charge >= 0.3 is 0 Å². The normalized spacial score (nSPS) is 25.3. The molecule has 7 heteroatoms. The monoisotopic (exact) mass is 276 g/mol. The Hall–Kier alpha value is -0.500. The van der Waals surface area contributed by atoms with Gasteiger partial charge in [-0.1, -0.05) is 6.42 Å². The van der Waals surface area contributed by atoms with Crippen LogP contribution < -0.4 is 4.72 Å². The second kappa shape index (κ2) is 5.01. The lowest BCUT2D eigenvalue weighted by molar-refractivity contribution is 0.213. The van der Waals surface area contributed by atoms with Crippen LogP contribution in [0.4, 0.5) is 0 Å². The highest BCUT2D eigenvalue weighted by molar-refractivity contribution is 7.91. The van der Waals surface area contributed by atoms with Crippen molar-refractivity contribution in [3.8, 4) is 0 Å². The van der Waals surface area contributed by atoms with E-state index in [1.54, 1.807) is 6.92 Å². The van der Waals surface area contributed by atoms with Crippen molar-refractivity contribution in [3.05, 3.63) is 11.2 Å². The number of aliphatic hydroxyl groups excluding tert-OH is 1. The van der Waals surface area contributed by atoms with Crippen molar-refractivity contribution in [2.45, 2.75) is 36.4 Å². The average Bonchev–Trinajstić information content (AvgIpc) is 2.86. The lowest BCUT2D eigenvalue weighted by atomic mass is 10.1. The molecule has 1 aliphatic carbocycles. The zero-order valence-electron chi connectivity index (χ0n) is 9.59. The molecule has 1 saturated carbocycles. The lowest BCUT2D eigenvalue weighted by Crippen LogP contribution is -2.38. The number of nitrogens with one attached hydrogen (secondary N) is 1. The van der Waals surface area contributed by atoms with E-state index in [4.69, 9.17) is 5.11 Å². The van der Waals surface area contributed by atoms with E-state index in [0.717, 1.165) is 35.6 Å². The zero-order chi connectivity index (χ0) is 12.5. The fourth-order valence-electron chi connectivity index (χ4n) is 2.13. The molecule has 2 unspecified atom stereocenters. The summed E-state index contributed by atoms with van der Waals surface area (Å²) in [5.41, 5.74) is 0. The van der Waals surface area contributed by atoms with Crippen LogP contribution >= 0.6 is 11.3 Å².